The smallest absolute Gasteiger partial charge is 0.125 e. The van der Waals surface area contributed by atoms with Crippen molar-refractivity contribution in [3.05, 3.63) is 23.8 Å². The van der Waals surface area contributed by atoms with Gasteiger partial charge in [-0.15, -0.1) is 0 Å². The van der Waals surface area contributed by atoms with E-state index in [9.17, 15) is 5.11 Å². The van der Waals surface area contributed by atoms with Gasteiger partial charge in [0.2, 0.25) is 0 Å². The molecule has 0 fully saturated rings. The van der Waals surface area contributed by atoms with E-state index in [0.717, 1.165) is 0 Å². The van der Waals surface area contributed by atoms with Crippen LogP contribution in [0.25, 0.3) is 0 Å². The fourth-order valence-corrected chi connectivity index (χ4v) is 1.20. The van der Waals surface area contributed by atoms with Gasteiger partial charge in [-0.2, -0.15) is 0 Å². The zero-order valence-electron chi connectivity index (χ0n) is 8.81. The van der Waals surface area contributed by atoms with Crippen LogP contribution in [-0.2, 0) is 0 Å². The van der Waals surface area contributed by atoms with Gasteiger partial charge in [0.15, 0.2) is 0 Å². The van der Waals surface area contributed by atoms with Crippen LogP contribution >= 0.6 is 0 Å². The van der Waals surface area contributed by atoms with E-state index in [1.807, 2.05) is 13.8 Å². The molecule has 0 aliphatic carbocycles. The van der Waals surface area contributed by atoms with Crippen LogP contribution in [0.2, 0.25) is 0 Å². The van der Waals surface area contributed by atoms with Gasteiger partial charge in [-0.05, 0) is 18.9 Å². The molecule has 2 unspecified atom stereocenters. The highest BCUT2D eigenvalue weighted by Gasteiger charge is 2.21. The molecule has 0 radical (unpaired) electrons. The zero-order chi connectivity index (χ0) is 10.7. The van der Waals surface area contributed by atoms with Crippen LogP contribution in [0.1, 0.15) is 31.5 Å². The topological polar surface area (TPSA) is 72.0 Å². The molecule has 1 heterocycles. The largest absolute Gasteiger partial charge is 0.385 e. The molecule has 4 heteroatoms. The molecule has 0 spiro atoms. The summed E-state index contributed by atoms with van der Waals surface area (Å²) >= 11 is 0. The van der Waals surface area contributed by atoms with E-state index >= 15 is 0 Å². The first-order valence-corrected chi connectivity index (χ1v) is 4.75. The van der Waals surface area contributed by atoms with Crippen LogP contribution in [0.5, 0.6) is 0 Å². The van der Waals surface area contributed by atoms with Crippen LogP contribution in [-0.4, -0.2) is 21.1 Å². The summed E-state index contributed by atoms with van der Waals surface area (Å²) in [4.78, 5) is 8.10. The minimum absolute atomic E-state index is 0.222. The van der Waals surface area contributed by atoms with Gasteiger partial charge in [-0.1, -0.05) is 13.8 Å². The van der Waals surface area contributed by atoms with E-state index in [1.54, 1.807) is 19.2 Å². The number of aryl methyl sites for hydroxylation is 1. The van der Waals surface area contributed by atoms with E-state index in [-0.39, 0.29) is 12.0 Å². The molecule has 1 rings (SSSR count). The molecule has 2 atom stereocenters. The lowest BCUT2D eigenvalue weighted by Crippen LogP contribution is -2.34. The van der Waals surface area contributed by atoms with Gasteiger partial charge < -0.3 is 10.8 Å². The maximum Gasteiger partial charge on any atom is 0.125 e. The molecular weight excluding hydrogens is 178 g/mol. The Bertz CT molecular complexity index is 301. The second-order valence-electron chi connectivity index (χ2n) is 3.79. The second-order valence-corrected chi connectivity index (χ2v) is 3.79. The van der Waals surface area contributed by atoms with Gasteiger partial charge in [-0.3, -0.25) is 0 Å². The fraction of sp³-hybridized carbons (Fsp3) is 0.600. The number of nitrogens with two attached hydrogens (primary N) is 1. The van der Waals surface area contributed by atoms with E-state index in [0.29, 0.717) is 11.5 Å². The summed E-state index contributed by atoms with van der Waals surface area (Å²) in [5, 5.41) is 9.87. The van der Waals surface area contributed by atoms with Crippen molar-refractivity contribution in [2.75, 3.05) is 0 Å². The van der Waals surface area contributed by atoms with E-state index in [4.69, 9.17) is 5.73 Å². The predicted octanol–water partition coefficient (Wildman–Crippen LogP) is 0.802. The third-order valence-corrected chi connectivity index (χ3v) is 2.23. The Kier molecular flexibility index (Phi) is 3.55. The van der Waals surface area contributed by atoms with Crippen molar-refractivity contribution in [2.24, 2.45) is 11.7 Å². The Morgan fingerprint density at radius 1 is 1.43 bits per heavy atom. The summed E-state index contributed by atoms with van der Waals surface area (Å²) in [6, 6.07) is 1.41. The molecule has 1 aromatic rings. The van der Waals surface area contributed by atoms with Gasteiger partial charge in [0.05, 0.1) is 5.69 Å². The first-order chi connectivity index (χ1) is 6.52. The highest BCUT2D eigenvalue weighted by molar-refractivity contribution is 5.07. The van der Waals surface area contributed by atoms with Crippen molar-refractivity contribution in [1.82, 2.24) is 9.97 Å². The van der Waals surface area contributed by atoms with Crippen LogP contribution in [0.3, 0.4) is 0 Å². The normalized spacial score (nSPS) is 15.6. The van der Waals surface area contributed by atoms with Gasteiger partial charge in [0, 0.05) is 12.2 Å². The molecular formula is C10H17N3O. The van der Waals surface area contributed by atoms with E-state index in [1.165, 1.54) is 0 Å². The molecule has 0 aromatic carbocycles. The molecule has 4 nitrogen and oxygen atoms in total. The minimum Gasteiger partial charge on any atom is -0.385 e. The van der Waals surface area contributed by atoms with Crippen molar-refractivity contribution < 1.29 is 5.11 Å². The summed E-state index contributed by atoms with van der Waals surface area (Å²) in [6.07, 6.45) is 0.921. The van der Waals surface area contributed by atoms with E-state index in [2.05, 4.69) is 9.97 Å². The van der Waals surface area contributed by atoms with Crippen LogP contribution in [0.4, 0.5) is 0 Å². The highest BCUT2D eigenvalue weighted by atomic mass is 16.3. The molecule has 0 saturated carbocycles. The summed E-state index contributed by atoms with van der Waals surface area (Å²) in [5.74, 6) is 0.873. The maximum atomic E-state index is 9.87. The lowest BCUT2D eigenvalue weighted by molar-refractivity contribution is 0.121. The van der Waals surface area contributed by atoms with Crippen molar-refractivity contribution in [3.63, 3.8) is 0 Å². The Hall–Kier alpha value is -1.00. The van der Waals surface area contributed by atoms with Crippen molar-refractivity contribution in [2.45, 2.75) is 32.9 Å². The maximum absolute atomic E-state index is 9.87. The number of hydrogen-bond acceptors (Lipinski definition) is 4. The minimum atomic E-state index is -0.711. The Labute approximate surface area is 84.2 Å². The summed E-state index contributed by atoms with van der Waals surface area (Å²) in [5.41, 5.74) is 6.43. The molecule has 0 amide bonds. The predicted molar refractivity (Wildman–Crippen MR) is 54.5 cm³/mol. The van der Waals surface area contributed by atoms with Gasteiger partial charge >= 0.3 is 0 Å². The van der Waals surface area contributed by atoms with Gasteiger partial charge in [0.1, 0.15) is 11.9 Å². The Balaban J connectivity index is 2.83. The fourth-order valence-electron chi connectivity index (χ4n) is 1.20. The van der Waals surface area contributed by atoms with Crippen LogP contribution in [0.15, 0.2) is 12.3 Å². The zero-order valence-corrected chi connectivity index (χ0v) is 8.81. The second kappa shape index (κ2) is 4.48. The number of nitrogens with zero attached hydrogens (tertiary/aromatic N) is 2. The molecule has 0 bridgehead atoms. The average molecular weight is 195 g/mol. The number of aromatic nitrogens is 2. The molecule has 14 heavy (non-hydrogen) atoms. The number of aliphatic hydroxyl groups is 1. The van der Waals surface area contributed by atoms with Crippen LogP contribution in [0, 0.1) is 12.8 Å². The van der Waals surface area contributed by atoms with Crippen LogP contribution < -0.4 is 5.73 Å². The monoisotopic (exact) mass is 195 g/mol. The first-order valence-electron chi connectivity index (χ1n) is 4.75. The Morgan fingerprint density at radius 2 is 2.07 bits per heavy atom. The van der Waals surface area contributed by atoms with Gasteiger partial charge in [0.25, 0.3) is 0 Å². The molecule has 0 aliphatic rings. The highest BCUT2D eigenvalue weighted by Crippen LogP contribution is 2.17. The van der Waals surface area contributed by atoms with Crippen molar-refractivity contribution >= 4 is 0 Å². The van der Waals surface area contributed by atoms with Crippen molar-refractivity contribution in [1.29, 1.82) is 0 Å². The summed E-state index contributed by atoms with van der Waals surface area (Å²) in [6.45, 7) is 5.74. The first kappa shape index (κ1) is 11.1. The van der Waals surface area contributed by atoms with Crippen molar-refractivity contribution in [3.8, 4) is 0 Å². The third kappa shape index (κ3) is 2.49. The standard InChI is InChI=1S/C10H17N3O/c1-6(2)9(11)10(14)8-4-5-12-7(3)13-8/h4-6,9-10,14H,11H2,1-3H3. The molecule has 1 aromatic heterocycles. The average Bonchev–Trinajstić information content (AvgIpc) is 2.15. The lowest BCUT2D eigenvalue weighted by Gasteiger charge is -2.21. The Morgan fingerprint density at radius 3 is 2.57 bits per heavy atom. The molecule has 0 aliphatic heterocycles. The SMILES string of the molecule is Cc1nccc(C(O)C(N)C(C)C)n1. The molecule has 3 N–H and O–H groups in total. The number of rotatable bonds is 3. The molecule has 0 saturated heterocycles. The third-order valence-electron chi connectivity index (χ3n) is 2.23. The number of aliphatic hydroxyl groups excluding tert-OH is 1. The summed E-state index contributed by atoms with van der Waals surface area (Å²) < 4.78 is 0. The lowest BCUT2D eigenvalue weighted by atomic mass is 9.97. The van der Waals surface area contributed by atoms with Gasteiger partial charge in [-0.25, -0.2) is 9.97 Å². The molecule has 78 valence electrons. The summed E-state index contributed by atoms with van der Waals surface area (Å²) in [7, 11) is 0. The number of hydrogen-bond donors (Lipinski definition) is 2. The quantitative estimate of drug-likeness (QED) is 0.748. The van der Waals surface area contributed by atoms with E-state index < -0.39 is 6.10 Å².